The van der Waals surface area contributed by atoms with Crippen molar-refractivity contribution in [1.29, 1.82) is 5.26 Å². The summed E-state index contributed by atoms with van der Waals surface area (Å²) in [4.78, 5) is 6.83. The fourth-order valence-electron chi connectivity index (χ4n) is 2.42. The fourth-order valence-corrected chi connectivity index (χ4v) is 2.42. The third kappa shape index (κ3) is 7.48. The number of aliphatic hydroxyl groups excluding tert-OH is 1. The average Bonchev–Trinajstić information content (AvgIpc) is 2.37. The lowest BCUT2D eigenvalue weighted by Crippen LogP contribution is -2.48. The summed E-state index contributed by atoms with van der Waals surface area (Å²) in [6.07, 6.45) is 2.35. The van der Waals surface area contributed by atoms with E-state index in [-0.39, 0.29) is 6.10 Å². The molecule has 0 spiro atoms. The maximum Gasteiger partial charge on any atom is 0.0793 e. The van der Waals surface area contributed by atoms with Crippen molar-refractivity contribution in [2.24, 2.45) is 0 Å². The Bertz CT molecular complexity index is 271. The summed E-state index contributed by atoms with van der Waals surface area (Å²) in [7, 11) is 4.18. The zero-order chi connectivity index (χ0) is 14.1. The number of hydrogen-bond donors (Lipinski definition) is 1. The Balaban J connectivity index is 2.09. The largest absolute Gasteiger partial charge is 0.390 e. The van der Waals surface area contributed by atoms with Gasteiger partial charge in [0, 0.05) is 45.7 Å². The zero-order valence-corrected chi connectivity index (χ0v) is 12.4. The predicted octanol–water partition coefficient (Wildman–Crippen LogP) is 0.220. The van der Waals surface area contributed by atoms with Crippen LogP contribution in [-0.4, -0.2) is 85.8 Å². The standard InChI is InChI=1S/C14H28N4O/c1-16-8-10-18(11-9-16)13-14(19)12-17(2)7-5-3-4-6-15/h14,19H,3-5,7-13H2,1-2H3. The van der Waals surface area contributed by atoms with Crippen molar-refractivity contribution >= 4 is 0 Å². The van der Waals surface area contributed by atoms with Gasteiger partial charge >= 0.3 is 0 Å². The number of nitrogens with zero attached hydrogens (tertiary/aromatic N) is 4. The first-order valence-corrected chi connectivity index (χ1v) is 7.26. The van der Waals surface area contributed by atoms with E-state index in [4.69, 9.17) is 5.26 Å². The van der Waals surface area contributed by atoms with Gasteiger partial charge < -0.3 is 14.9 Å². The highest BCUT2D eigenvalue weighted by atomic mass is 16.3. The molecule has 0 bridgehead atoms. The molecule has 1 aliphatic heterocycles. The van der Waals surface area contributed by atoms with Crippen molar-refractivity contribution in [2.45, 2.75) is 25.4 Å². The number of nitriles is 1. The molecule has 0 radical (unpaired) electrons. The van der Waals surface area contributed by atoms with Crippen molar-refractivity contribution in [3.8, 4) is 6.07 Å². The molecule has 0 saturated carbocycles. The van der Waals surface area contributed by atoms with E-state index in [2.05, 4.69) is 27.8 Å². The van der Waals surface area contributed by atoms with Crippen molar-refractivity contribution in [3.63, 3.8) is 0 Å². The Morgan fingerprint density at radius 3 is 2.58 bits per heavy atom. The van der Waals surface area contributed by atoms with E-state index in [0.717, 1.165) is 58.7 Å². The van der Waals surface area contributed by atoms with E-state index in [1.54, 1.807) is 0 Å². The minimum Gasteiger partial charge on any atom is -0.390 e. The number of rotatable bonds is 8. The van der Waals surface area contributed by atoms with Crippen LogP contribution in [0.1, 0.15) is 19.3 Å². The summed E-state index contributed by atoms with van der Waals surface area (Å²) in [6.45, 7) is 6.75. The Morgan fingerprint density at radius 1 is 1.26 bits per heavy atom. The first-order chi connectivity index (χ1) is 9.11. The third-order valence-electron chi connectivity index (χ3n) is 3.67. The molecular weight excluding hydrogens is 240 g/mol. The molecule has 1 unspecified atom stereocenters. The van der Waals surface area contributed by atoms with Crippen LogP contribution in [0.5, 0.6) is 0 Å². The Hall–Kier alpha value is -0.670. The van der Waals surface area contributed by atoms with E-state index in [1.807, 2.05) is 7.05 Å². The van der Waals surface area contributed by atoms with Gasteiger partial charge in [-0.3, -0.25) is 4.90 Å². The average molecular weight is 268 g/mol. The van der Waals surface area contributed by atoms with E-state index < -0.39 is 0 Å². The van der Waals surface area contributed by atoms with Crippen molar-refractivity contribution in [3.05, 3.63) is 0 Å². The van der Waals surface area contributed by atoms with Gasteiger partial charge in [0.15, 0.2) is 0 Å². The molecule has 0 aromatic rings. The molecular formula is C14H28N4O. The van der Waals surface area contributed by atoms with Gasteiger partial charge in [0.2, 0.25) is 0 Å². The summed E-state index contributed by atoms with van der Waals surface area (Å²) < 4.78 is 0. The Kier molecular flexibility index (Phi) is 7.99. The number of likely N-dealkylation sites (N-methyl/N-ethyl adjacent to an activating group) is 2. The van der Waals surface area contributed by atoms with Crippen LogP contribution in [0, 0.1) is 11.3 Å². The highest BCUT2D eigenvalue weighted by Gasteiger charge is 2.17. The van der Waals surface area contributed by atoms with E-state index >= 15 is 0 Å². The number of unbranched alkanes of at least 4 members (excludes halogenated alkanes) is 2. The summed E-state index contributed by atoms with van der Waals surface area (Å²) in [5, 5.41) is 18.6. The lowest BCUT2D eigenvalue weighted by Gasteiger charge is -2.34. The molecule has 1 saturated heterocycles. The molecule has 0 aromatic heterocycles. The van der Waals surface area contributed by atoms with Crippen LogP contribution in [0.2, 0.25) is 0 Å². The molecule has 1 fully saturated rings. The fraction of sp³-hybridized carbons (Fsp3) is 0.929. The smallest absolute Gasteiger partial charge is 0.0793 e. The molecule has 0 aliphatic carbocycles. The van der Waals surface area contributed by atoms with Crippen LogP contribution >= 0.6 is 0 Å². The monoisotopic (exact) mass is 268 g/mol. The van der Waals surface area contributed by atoms with E-state index in [9.17, 15) is 5.11 Å². The van der Waals surface area contributed by atoms with Crippen molar-refractivity contribution in [2.75, 3.05) is 59.9 Å². The molecule has 1 N–H and O–H groups in total. The molecule has 1 atom stereocenters. The van der Waals surface area contributed by atoms with Gasteiger partial charge in [0.1, 0.15) is 0 Å². The van der Waals surface area contributed by atoms with Gasteiger partial charge in [-0.2, -0.15) is 5.26 Å². The lowest BCUT2D eigenvalue weighted by molar-refractivity contribution is 0.0605. The lowest BCUT2D eigenvalue weighted by atomic mass is 10.2. The van der Waals surface area contributed by atoms with Crippen LogP contribution in [0.15, 0.2) is 0 Å². The molecule has 0 amide bonds. The first kappa shape index (κ1) is 16.4. The molecule has 1 rings (SSSR count). The van der Waals surface area contributed by atoms with Crippen LogP contribution in [-0.2, 0) is 0 Å². The van der Waals surface area contributed by atoms with Gasteiger partial charge in [0.25, 0.3) is 0 Å². The van der Waals surface area contributed by atoms with Gasteiger partial charge in [-0.05, 0) is 33.5 Å². The maximum atomic E-state index is 10.1. The molecule has 19 heavy (non-hydrogen) atoms. The number of hydrogen-bond acceptors (Lipinski definition) is 5. The van der Waals surface area contributed by atoms with E-state index in [0.29, 0.717) is 6.42 Å². The van der Waals surface area contributed by atoms with Gasteiger partial charge in [-0.25, -0.2) is 0 Å². The minimum atomic E-state index is -0.274. The van der Waals surface area contributed by atoms with Gasteiger partial charge in [-0.15, -0.1) is 0 Å². The highest BCUT2D eigenvalue weighted by molar-refractivity contribution is 4.74. The van der Waals surface area contributed by atoms with Crippen LogP contribution in [0.4, 0.5) is 0 Å². The third-order valence-corrected chi connectivity index (χ3v) is 3.67. The van der Waals surface area contributed by atoms with Gasteiger partial charge in [0.05, 0.1) is 12.2 Å². The van der Waals surface area contributed by atoms with Crippen LogP contribution in [0.25, 0.3) is 0 Å². The summed E-state index contributed by atoms with van der Waals surface area (Å²) in [5.41, 5.74) is 0. The zero-order valence-electron chi connectivity index (χ0n) is 12.4. The predicted molar refractivity (Wildman–Crippen MR) is 76.9 cm³/mol. The molecule has 1 aliphatic rings. The maximum absolute atomic E-state index is 10.1. The molecule has 0 aromatic carbocycles. The SMILES string of the molecule is CN1CCN(CC(O)CN(C)CCCCC#N)CC1. The number of β-amino-alcohol motifs (C(OH)–C–C–N with tert-alkyl or cyclic N) is 1. The molecule has 110 valence electrons. The normalized spacial score (nSPS) is 19.5. The number of aliphatic hydroxyl groups is 1. The topological polar surface area (TPSA) is 53.7 Å². The van der Waals surface area contributed by atoms with Crippen molar-refractivity contribution < 1.29 is 5.11 Å². The molecule has 1 heterocycles. The van der Waals surface area contributed by atoms with Crippen LogP contribution < -0.4 is 0 Å². The summed E-state index contributed by atoms with van der Waals surface area (Å²) >= 11 is 0. The second kappa shape index (κ2) is 9.27. The quantitative estimate of drug-likeness (QED) is 0.638. The number of piperazine rings is 1. The Labute approximate surface area is 117 Å². The molecule has 5 nitrogen and oxygen atoms in total. The minimum absolute atomic E-state index is 0.274. The summed E-state index contributed by atoms with van der Waals surface area (Å²) in [5.74, 6) is 0. The van der Waals surface area contributed by atoms with Gasteiger partial charge in [-0.1, -0.05) is 0 Å². The first-order valence-electron chi connectivity index (χ1n) is 7.26. The Morgan fingerprint density at radius 2 is 1.95 bits per heavy atom. The highest BCUT2D eigenvalue weighted by Crippen LogP contribution is 2.02. The molecule has 5 heteroatoms. The van der Waals surface area contributed by atoms with Crippen molar-refractivity contribution in [1.82, 2.24) is 14.7 Å². The second-order valence-corrected chi connectivity index (χ2v) is 5.64. The van der Waals surface area contributed by atoms with Crippen LogP contribution in [0.3, 0.4) is 0 Å². The summed E-state index contributed by atoms with van der Waals surface area (Å²) in [6, 6.07) is 2.16. The van der Waals surface area contributed by atoms with E-state index in [1.165, 1.54) is 0 Å². The second-order valence-electron chi connectivity index (χ2n) is 5.64.